The van der Waals surface area contributed by atoms with Gasteiger partial charge in [0.15, 0.2) is 0 Å². The van der Waals surface area contributed by atoms with Crippen molar-refractivity contribution in [2.75, 3.05) is 6.61 Å². The molecule has 0 bridgehead atoms. The van der Waals surface area contributed by atoms with Crippen molar-refractivity contribution in [3.63, 3.8) is 0 Å². The summed E-state index contributed by atoms with van der Waals surface area (Å²) in [6, 6.07) is 10.5. The van der Waals surface area contributed by atoms with Crippen molar-refractivity contribution in [2.24, 2.45) is 5.41 Å². The van der Waals surface area contributed by atoms with Gasteiger partial charge in [-0.25, -0.2) is 0 Å². The van der Waals surface area contributed by atoms with E-state index in [1.807, 2.05) is 12.1 Å². The third-order valence-electron chi connectivity index (χ3n) is 4.14. The van der Waals surface area contributed by atoms with E-state index in [0.29, 0.717) is 0 Å². The zero-order chi connectivity index (χ0) is 20.2. The molecule has 1 heterocycles. The summed E-state index contributed by atoms with van der Waals surface area (Å²) in [4.78, 5) is 0. The van der Waals surface area contributed by atoms with Gasteiger partial charge in [-0.05, 0) is 99.5 Å². The van der Waals surface area contributed by atoms with Gasteiger partial charge in [0.25, 0.3) is 0 Å². The molecule has 2 rings (SSSR count). The molecule has 0 amide bonds. The lowest BCUT2D eigenvalue weighted by Gasteiger charge is -2.07. The Bertz CT molecular complexity index is 823. The largest absolute Gasteiger partial charge is 0.494 e. The number of rotatable bonds is 9. The number of allylic oxidation sites excluding steroid dienone is 4. The molecule has 0 saturated heterocycles. The zero-order valence-corrected chi connectivity index (χ0v) is 18.4. The second-order valence-electron chi connectivity index (χ2n) is 8.06. The molecule has 0 fully saturated rings. The molecule has 0 atom stereocenters. The monoisotopic (exact) mass is 392 g/mol. The van der Waals surface area contributed by atoms with Crippen LogP contribution in [0, 0.1) is 17.3 Å². The number of unbranched alkanes of at least 4 members (excludes halogenated alkanes) is 2. The molecule has 0 aliphatic carbocycles. The van der Waals surface area contributed by atoms with E-state index in [1.54, 1.807) is 11.3 Å². The van der Waals surface area contributed by atoms with E-state index in [0.717, 1.165) is 38.0 Å². The van der Waals surface area contributed by atoms with Crippen molar-refractivity contribution >= 4 is 11.3 Å². The van der Waals surface area contributed by atoms with Crippen LogP contribution in [0.15, 0.2) is 64.9 Å². The van der Waals surface area contributed by atoms with E-state index in [2.05, 4.69) is 86.7 Å². The molecular formula is C26H32OS. The van der Waals surface area contributed by atoms with E-state index < -0.39 is 0 Å². The number of thiophene rings is 1. The number of ether oxygens (including phenoxy) is 1. The molecule has 148 valence electrons. The SMILES string of the molecule is C/C(=C/CCCCOc1cccc(-c2ccsc2)c1)C/C=C/C#CC(C)(C)C. The lowest BCUT2D eigenvalue weighted by atomic mass is 9.98. The van der Waals surface area contributed by atoms with Crippen LogP contribution in [0.2, 0.25) is 0 Å². The second kappa shape index (κ2) is 11.6. The predicted molar refractivity (Wildman–Crippen MR) is 124 cm³/mol. The third kappa shape index (κ3) is 9.11. The molecule has 0 N–H and O–H groups in total. The molecule has 28 heavy (non-hydrogen) atoms. The number of hydrogen-bond donors (Lipinski definition) is 0. The fourth-order valence-corrected chi connectivity index (χ4v) is 3.29. The standard InChI is InChI=1S/C26H32OS/c1-22(12-7-5-9-17-26(2,3)4)13-8-6-10-18-27-25-15-11-14-23(20-25)24-16-19-28-21-24/h5,7,11,13-16,19-21H,6,8,10,12,18H2,1-4H3/b7-5+,22-13-. The van der Waals surface area contributed by atoms with E-state index in [9.17, 15) is 0 Å². The Balaban J connectivity index is 1.63. The average molecular weight is 393 g/mol. The lowest BCUT2D eigenvalue weighted by Crippen LogP contribution is -1.98. The minimum atomic E-state index is 0.0719. The van der Waals surface area contributed by atoms with Gasteiger partial charge in [-0.2, -0.15) is 11.3 Å². The Kier molecular flexibility index (Phi) is 9.11. The van der Waals surface area contributed by atoms with Gasteiger partial charge in [-0.15, -0.1) is 0 Å². The predicted octanol–water partition coefficient (Wildman–Crippen LogP) is 7.91. The first-order valence-electron chi connectivity index (χ1n) is 10.0. The summed E-state index contributed by atoms with van der Waals surface area (Å²) in [6.45, 7) is 9.34. The molecule has 2 heteroatoms. The lowest BCUT2D eigenvalue weighted by molar-refractivity contribution is 0.307. The van der Waals surface area contributed by atoms with Crippen LogP contribution in [0.25, 0.3) is 11.1 Å². The Hall–Kier alpha value is -2.24. The first-order chi connectivity index (χ1) is 13.4. The van der Waals surface area contributed by atoms with Gasteiger partial charge in [0.2, 0.25) is 0 Å². The Labute approximate surface area is 175 Å². The van der Waals surface area contributed by atoms with Crippen LogP contribution in [-0.4, -0.2) is 6.61 Å². The molecular weight excluding hydrogens is 360 g/mol. The van der Waals surface area contributed by atoms with Crippen LogP contribution in [0.5, 0.6) is 5.75 Å². The molecule has 0 spiro atoms. The topological polar surface area (TPSA) is 9.23 Å². The van der Waals surface area contributed by atoms with Crippen LogP contribution in [0.4, 0.5) is 0 Å². The zero-order valence-electron chi connectivity index (χ0n) is 17.6. The highest BCUT2D eigenvalue weighted by atomic mass is 32.1. The molecule has 1 aromatic heterocycles. The maximum absolute atomic E-state index is 5.93. The summed E-state index contributed by atoms with van der Waals surface area (Å²) in [6.07, 6.45) is 10.7. The Morgan fingerprint density at radius 3 is 2.75 bits per heavy atom. The molecule has 0 aliphatic heterocycles. The van der Waals surface area contributed by atoms with Crippen molar-refractivity contribution in [3.05, 3.63) is 64.9 Å². The smallest absolute Gasteiger partial charge is 0.119 e. The van der Waals surface area contributed by atoms with Crippen molar-refractivity contribution < 1.29 is 4.74 Å². The van der Waals surface area contributed by atoms with Crippen LogP contribution < -0.4 is 4.74 Å². The van der Waals surface area contributed by atoms with Crippen LogP contribution in [-0.2, 0) is 0 Å². The van der Waals surface area contributed by atoms with Crippen molar-refractivity contribution in [1.82, 2.24) is 0 Å². The minimum Gasteiger partial charge on any atom is -0.494 e. The van der Waals surface area contributed by atoms with Crippen LogP contribution in [0.1, 0.15) is 53.4 Å². The fourth-order valence-electron chi connectivity index (χ4n) is 2.62. The summed E-state index contributed by atoms with van der Waals surface area (Å²) in [7, 11) is 0. The minimum absolute atomic E-state index is 0.0719. The highest BCUT2D eigenvalue weighted by Crippen LogP contribution is 2.25. The highest BCUT2D eigenvalue weighted by molar-refractivity contribution is 7.08. The molecule has 1 aromatic carbocycles. The van der Waals surface area contributed by atoms with Gasteiger partial charge in [0.1, 0.15) is 5.75 Å². The van der Waals surface area contributed by atoms with Gasteiger partial charge in [-0.3, -0.25) is 0 Å². The molecule has 2 aromatic rings. The Morgan fingerprint density at radius 1 is 1.14 bits per heavy atom. The summed E-state index contributed by atoms with van der Waals surface area (Å²) >= 11 is 1.72. The molecule has 0 unspecified atom stereocenters. The molecule has 1 nitrogen and oxygen atoms in total. The van der Waals surface area contributed by atoms with Gasteiger partial charge >= 0.3 is 0 Å². The summed E-state index contributed by atoms with van der Waals surface area (Å²) in [5.74, 6) is 7.29. The second-order valence-corrected chi connectivity index (χ2v) is 8.84. The van der Waals surface area contributed by atoms with Crippen LogP contribution >= 0.6 is 11.3 Å². The van der Waals surface area contributed by atoms with Gasteiger partial charge < -0.3 is 4.74 Å². The maximum atomic E-state index is 5.93. The normalized spacial score (nSPS) is 12.1. The van der Waals surface area contributed by atoms with E-state index in [-0.39, 0.29) is 5.41 Å². The van der Waals surface area contributed by atoms with Crippen molar-refractivity contribution in [3.8, 4) is 28.7 Å². The van der Waals surface area contributed by atoms with E-state index in [4.69, 9.17) is 4.74 Å². The first kappa shape index (κ1) is 22.1. The average Bonchev–Trinajstić information content (AvgIpc) is 3.18. The van der Waals surface area contributed by atoms with Gasteiger partial charge in [-0.1, -0.05) is 41.7 Å². The van der Waals surface area contributed by atoms with Gasteiger partial charge in [0, 0.05) is 5.41 Å². The fraction of sp³-hybridized carbons (Fsp3) is 0.385. The third-order valence-corrected chi connectivity index (χ3v) is 4.82. The molecule has 0 saturated carbocycles. The summed E-state index contributed by atoms with van der Waals surface area (Å²) < 4.78 is 5.93. The first-order valence-corrected chi connectivity index (χ1v) is 11.0. The maximum Gasteiger partial charge on any atom is 0.119 e. The quantitative estimate of drug-likeness (QED) is 0.239. The summed E-state index contributed by atoms with van der Waals surface area (Å²) in [5, 5.41) is 4.27. The van der Waals surface area contributed by atoms with Crippen molar-refractivity contribution in [1.29, 1.82) is 0 Å². The van der Waals surface area contributed by atoms with Crippen molar-refractivity contribution in [2.45, 2.75) is 53.4 Å². The van der Waals surface area contributed by atoms with E-state index in [1.165, 1.54) is 16.7 Å². The summed E-state index contributed by atoms with van der Waals surface area (Å²) in [5.41, 5.74) is 3.95. The molecule has 0 radical (unpaired) electrons. The molecule has 0 aliphatic rings. The Morgan fingerprint density at radius 2 is 2.00 bits per heavy atom. The highest BCUT2D eigenvalue weighted by Gasteiger charge is 2.02. The van der Waals surface area contributed by atoms with E-state index >= 15 is 0 Å². The number of hydrogen-bond acceptors (Lipinski definition) is 2. The number of benzene rings is 1. The van der Waals surface area contributed by atoms with Gasteiger partial charge in [0.05, 0.1) is 6.61 Å². The van der Waals surface area contributed by atoms with Crippen LogP contribution in [0.3, 0.4) is 0 Å².